The summed E-state index contributed by atoms with van der Waals surface area (Å²) < 4.78 is 11.0. The van der Waals surface area contributed by atoms with Crippen LogP contribution in [0.5, 0.6) is 11.5 Å². The summed E-state index contributed by atoms with van der Waals surface area (Å²) in [7, 11) is 0. The minimum Gasteiger partial charge on any atom is -0.454 e. The first-order valence-corrected chi connectivity index (χ1v) is 6.87. The van der Waals surface area contributed by atoms with Gasteiger partial charge < -0.3 is 9.47 Å². The normalized spacial score (nSPS) is 19.4. The van der Waals surface area contributed by atoms with E-state index >= 15 is 0 Å². The number of benzene rings is 2. The van der Waals surface area contributed by atoms with Gasteiger partial charge in [-0.25, -0.2) is 0 Å². The Kier molecular flexibility index (Phi) is 2.52. The van der Waals surface area contributed by atoms with E-state index in [9.17, 15) is 0 Å². The molecule has 0 radical (unpaired) electrons. The molecule has 0 saturated carbocycles. The average molecular weight is 265 g/mol. The van der Waals surface area contributed by atoms with Crippen LogP contribution in [0.3, 0.4) is 0 Å². The van der Waals surface area contributed by atoms with Gasteiger partial charge in [0.15, 0.2) is 11.5 Å². The number of nitrogens with zero attached hydrogens (tertiary/aromatic N) is 1. The van der Waals surface area contributed by atoms with Crippen molar-refractivity contribution >= 4 is 5.71 Å². The molecule has 3 heteroatoms. The third kappa shape index (κ3) is 1.78. The topological polar surface area (TPSA) is 30.8 Å². The summed E-state index contributed by atoms with van der Waals surface area (Å²) >= 11 is 0. The maximum atomic E-state index is 5.50. The van der Waals surface area contributed by atoms with E-state index in [1.807, 2.05) is 18.2 Å². The molecule has 20 heavy (non-hydrogen) atoms. The highest BCUT2D eigenvalue weighted by Gasteiger charge is 2.24. The lowest BCUT2D eigenvalue weighted by atomic mass is 9.90. The van der Waals surface area contributed by atoms with Crippen LogP contribution in [-0.4, -0.2) is 18.5 Å². The van der Waals surface area contributed by atoms with E-state index in [1.54, 1.807) is 0 Å². The highest BCUT2D eigenvalue weighted by Crippen LogP contribution is 2.37. The summed E-state index contributed by atoms with van der Waals surface area (Å²) in [4.78, 5) is 4.84. The van der Waals surface area contributed by atoms with Crippen molar-refractivity contribution in [1.82, 2.24) is 0 Å². The fraction of sp³-hybridized carbons (Fsp3) is 0.235. The van der Waals surface area contributed by atoms with Crippen LogP contribution in [0.2, 0.25) is 0 Å². The van der Waals surface area contributed by atoms with Crippen molar-refractivity contribution in [1.29, 1.82) is 0 Å². The summed E-state index contributed by atoms with van der Waals surface area (Å²) in [6, 6.07) is 14.8. The molecular formula is C17H15NO2. The number of fused-ring (bicyclic) bond motifs is 2. The van der Waals surface area contributed by atoms with Crippen LogP contribution in [0.4, 0.5) is 0 Å². The monoisotopic (exact) mass is 265 g/mol. The fourth-order valence-electron chi connectivity index (χ4n) is 2.85. The van der Waals surface area contributed by atoms with Gasteiger partial charge in [-0.15, -0.1) is 0 Å². The Morgan fingerprint density at radius 2 is 1.80 bits per heavy atom. The first kappa shape index (κ1) is 11.5. The van der Waals surface area contributed by atoms with Gasteiger partial charge in [0.05, 0.1) is 11.8 Å². The molecule has 2 heterocycles. The molecule has 0 bridgehead atoms. The SMILES string of the molecule is CC1Cc2cc3c(cc2C(c2ccccc2)=N1)OCO3. The van der Waals surface area contributed by atoms with E-state index in [2.05, 4.69) is 31.2 Å². The van der Waals surface area contributed by atoms with Crippen LogP contribution in [0, 0.1) is 0 Å². The van der Waals surface area contributed by atoms with Gasteiger partial charge in [0.1, 0.15) is 0 Å². The van der Waals surface area contributed by atoms with Gasteiger partial charge in [-0.2, -0.15) is 0 Å². The molecule has 2 aromatic rings. The quantitative estimate of drug-likeness (QED) is 0.792. The Morgan fingerprint density at radius 3 is 2.60 bits per heavy atom. The first-order valence-electron chi connectivity index (χ1n) is 6.87. The van der Waals surface area contributed by atoms with Gasteiger partial charge in [-0.1, -0.05) is 30.3 Å². The molecule has 2 aliphatic heterocycles. The largest absolute Gasteiger partial charge is 0.454 e. The predicted octanol–water partition coefficient (Wildman–Crippen LogP) is 3.20. The van der Waals surface area contributed by atoms with Crippen LogP contribution in [0.1, 0.15) is 23.6 Å². The van der Waals surface area contributed by atoms with E-state index in [0.29, 0.717) is 6.79 Å². The molecule has 0 aromatic heterocycles. The van der Waals surface area contributed by atoms with Crippen molar-refractivity contribution in [2.24, 2.45) is 4.99 Å². The Morgan fingerprint density at radius 1 is 1.05 bits per heavy atom. The molecule has 0 amide bonds. The number of hydrogen-bond acceptors (Lipinski definition) is 3. The van der Waals surface area contributed by atoms with Crippen molar-refractivity contribution < 1.29 is 9.47 Å². The second kappa shape index (κ2) is 4.37. The zero-order valence-corrected chi connectivity index (χ0v) is 11.3. The molecule has 1 atom stereocenters. The Hall–Kier alpha value is -2.29. The highest BCUT2D eigenvalue weighted by atomic mass is 16.7. The summed E-state index contributed by atoms with van der Waals surface area (Å²) in [5, 5.41) is 0. The fourth-order valence-corrected chi connectivity index (χ4v) is 2.85. The van der Waals surface area contributed by atoms with E-state index < -0.39 is 0 Å². The van der Waals surface area contributed by atoms with Gasteiger partial charge in [-0.05, 0) is 31.0 Å². The minimum absolute atomic E-state index is 0.290. The summed E-state index contributed by atoms with van der Waals surface area (Å²) in [6.45, 7) is 2.46. The second-order valence-electron chi connectivity index (χ2n) is 5.26. The zero-order chi connectivity index (χ0) is 13.5. The molecule has 0 saturated heterocycles. The summed E-state index contributed by atoms with van der Waals surface area (Å²) in [6.07, 6.45) is 0.947. The van der Waals surface area contributed by atoms with Crippen molar-refractivity contribution in [3.05, 3.63) is 59.2 Å². The highest BCUT2D eigenvalue weighted by molar-refractivity contribution is 6.14. The van der Waals surface area contributed by atoms with E-state index in [4.69, 9.17) is 14.5 Å². The lowest BCUT2D eigenvalue weighted by Crippen LogP contribution is -2.19. The van der Waals surface area contributed by atoms with Crippen molar-refractivity contribution in [2.45, 2.75) is 19.4 Å². The lowest BCUT2D eigenvalue weighted by molar-refractivity contribution is 0.174. The molecular weight excluding hydrogens is 250 g/mol. The predicted molar refractivity (Wildman–Crippen MR) is 77.8 cm³/mol. The Labute approximate surface area is 117 Å². The Bertz CT molecular complexity index is 692. The minimum atomic E-state index is 0.290. The number of ether oxygens (including phenoxy) is 2. The van der Waals surface area contributed by atoms with Crippen LogP contribution < -0.4 is 9.47 Å². The van der Waals surface area contributed by atoms with E-state index in [1.165, 1.54) is 11.1 Å². The van der Waals surface area contributed by atoms with Crippen LogP contribution in [0.25, 0.3) is 0 Å². The number of hydrogen-bond donors (Lipinski definition) is 0. The summed E-state index contributed by atoms with van der Waals surface area (Å²) in [5.74, 6) is 1.67. The smallest absolute Gasteiger partial charge is 0.231 e. The molecule has 0 fully saturated rings. The first-order chi connectivity index (χ1) is 9.81. The van der Waals surface area contributed by atoms with Gasteiger partial charge in [-0.3, -0.25) is 4.99 Å². The maximum Gasteiger partial charge on any atom is 0.231 e. The van der Waals surface area contributed by atoms with Crippen molar-refractivity contribution in [2.75, 3.05) is 6.79 Å². The van der Waals surface area contributed by atoms with E-state index in [-0.39, 0.29) is 6.04 Å². The van der Waals surface area contributed by atoms with Crippen molar-refractivity contribution in [3.63, 3.8) is 0 Å². The van der Waals surface area contributed by atoms with Crippen LogP contribution in [-0.2, 0) is 6.42 Å². The molecule has 4 rings (SSSR count). The van der Waals surface area contributed by atoms with Crippen LogP contribution in [0.15, 0.2) is 47.5 Å². The molecule has 1 unspecified atom stereocenters. The van der Waals surface area contributed by atoms with E-state index in [0.717, 1.165) is 29.2 Å². The van der Waals surface area contributed by atoms with Crippen molar-refractivity contribution in [3.8, 4) is 11.5 Å². The standard InChI is InChI=1S/C17H15NO2/c1-11-7-13-8-15-16(20-10-19-15)9-14(13)17(18-11)12-5-3-2-4-6-12/h2-6,8-9,11H,7,10H2,1H3. The molecule has 100 valence electrons. The molecule has 2 aliphatic rings. The third-order valence-corrected chi connectivity index (χ3v) is 3.77. The van der Waals surface area contributed by atoms with Gasteiger partial charge in [0.2, 0.25) is 6.79 Å². The molecule has 2 aromatic carbocycles. The van der Waals surface area contributed by atoms with Gasteiger partial charge >= 0.3 is 0 Å². The average Bonchev–Trinajstić information content (AvgIpc) is 2.92. The Balaban J connectivity index is 1.89. The summed E-state index contributed by atoms with van der Waals surface area (Å²) in [5.41, 5.74) is 4.66. The molecule has 0 aliphatic carbocycles. The molecule has 0 spiro atoms. The van der Waals surface area contributed by atoms with Gasteiger partial charge in [0.25, 0.3) is 0 Å². The third-order valence-electron chi connectivity index (χ3n) is 3.77. The molecule has 0 N–H and O–H groups in total. The number of rotatable bonds is 1. The van der Waals surface area contributed by atoms with Crippen LogP contribution >= 0.6 is 0 Å². The second-order valence-corrected chi connectivity index (χ2v) is 5.26. The molecule has 3 nitrogen and oxygen atoms in total. The zero-order valence-electron chi connectivity index (χ0n) is 11.3. The number of aliphatic imine (C=N–C) groups is 1. The van der Waals surface area contributed by atoms with Gasteiger partial charge in [0, 0.05) is 11.1 Å². The lowest BCUT2D eigenvalue weighted by Gasteiger charge is -2.22. The maximum absolute atomic E-state index is 5.50.